The van der Waals surface area contributed by atoms with Gasteiger partial charge in [-0.15, -0.1) is 5.10 Å². The summed E-state index contributed by atoms with van der Waals surface area (Å²) < 4.78 is 7.79. The Bertz CT molecular complexity index is 1360. The highest BCUT2D eigenvalue weighted by Gasteiger charge is 2.32. The number of aryl methyl sites for hydroxylation is 2. The molecule has 190 valence electrons. The van der Waals surface area contributed by atoms with Gasteiger partial charge in [0, 0.05) is 23.0 Å². The number of hydrogen-bond acceptors (Lipinski definition) is 6. The fourth-order valence-corrected chi connectivity index (χ4v) is 5.77. The summed E-state index contributed by atoms with van der Waals surface area (Å²) in [6.45, 7) is 9.53. The second kappa shape index (κ2) is 10.4. The van der Waals surface area contributed by atoms with Gasteiger partial charge in [-0.2, -0.15) is 0 Å². The van der Waals surface area contributed by atoms with Gasteiger partial charge in [-0.3, -0.25) is 9.69 Å². The van der Waals surface area contributed by atoms with Crippen LogP contribution in [-0.2, 0) is 13.1 Å². The molecule has 1 aliphatic rings. The van der Waals surface area contributed by atoms with Crippen molar-refractivity contribution >= 4 is 10.9 Å². The van der Waals surface area contributed by atoms with E-state index < -0.39 is 0 Å². The average molecular weight is 489 g/mol. The van der Waals surface area contributed by atoms with Gasteiger partial charge in [-0.1, -0.05) is 39.2 Å². The van der Waals surface area contributed by atoms with Crippen LogP contribution in [0.2, 0.25) is 0 Å². The fourth-order valence-electron chi connectivity index (χ4n) is 5.77. The molecule has 1 saturated carbocycles. The first-order valence-electron chi connectivity index (χ1n) is 13.1. The largest absolute Gasteiger partial charge is 0.468 e. The second-order valence-corrected chi connectivity index (χ2v) is 10.6. The molecule has 1 aromatic carbocycles. The monoisotopic (exact) mass is 488 g/mol. The number of tetrazole rings is 1. The highest BCUT2D eigenvalue weighted by atomic mass is 16.3. The Balaban J connectivity index is 1.56. The van der Waals surface area contributed by atoms with E-state index in [2.05, 4.69) is 56.9 Å². The number of benzene rings is 1. The van der Waals surface area contributed by atoms with Gasteiger partial charge in [0.2, 0.25) is 0 Å². The minimum absolute atomic E-state index is 0.0636. The molecular formula is C28H36N6O2. The molecule has 8 nitrogen and oxygen atoms in total. The first-order chi connectivity index (χ1) is 17.4. The molecule has 1 fully saturated rings. The van der Waals surface area contributed by atoms with E-state index in [1.54, 1.807) is 6.26 Å². The number of rotatable bonds is 8. The summed E-state index contributed by atoms with van der Waals surface area (Å²) in [7, 11) is 0. The summed E-state index contributed by atoms with van der Waals surface area (Å²) >= 11 is 0. The van der Waals surface area contributed by atoms with Gasteiger partial charge in [0.1, 0.15) is 5.76 Å². The number of nitrogens with one attached hydrogen (secondary N) is 1. The van der Waals surface area contributed by atoms with E-state index in [4.69, 9.17) is 4.42 Å². The minimum atomic E-state index is -0.0822. The van der Waals surface area contributed by atoms with Crippen LogP contribution in [0.4, 0.5) is 0 Å². The third kappa shape index (κ3) is 5.00. The van der Waals surface area contributed by atoms with Crippen LogP contribution in [-0.4, -0.2) is 30.1 Å². The zero-order chi connectivity index (χ0) is 25.2. The molecule has 0 radical (unpaired) electrons. The number of aromatic amines is 1. The van der Waals surface area contributed by atoms with Crippen LogP contribution in [0, 0.1) is 19.8 Å². The summed E-state index contributed by atoms with van der Waals surface area (Å²) in [5.74, 6) is 1.94. The van der Waals surface area contributed by atoms with Crippen molar-refractivity contribution in [2.24, 2.45) is 5.92 Å². The lowest BCUT2D eigenvalue weighted by Crippen LogP contribution is -2.36. The Hall–Kier alpha value is -3.26. The van der Waals surface area contributed by atoms with Crippen molar-refractivity contribution in [3.05, 3.63) is 75.2 Å². The fraction of sp³-hybridized carbons (Fsp3) is 0.500. The summed E-state index contributed by atoms with van der Waals surface area (Å²) in [5.41, 5.74) is 3.83. The molecule has 1 N–H and O–H groups in total. The number of hydrogen-bond donors (Lipinski definition) is 1. The predicted molar refractivity (Wildman–Crippen MR) is 140 cm³/mol. The zero-order valence-electron chi connectivity index (χ0n) is 21.7. The quantitative estimate of drug-likeness (QED) is 0.346. The van der Waals surface area contributed by atoms with Crippen molar-refractivity contribution in [3.8, 4) is 0 Å². The van der Waals surface area contributed by atoms with Crippen molar-refractivity contribution in [2.75, 3.05) is 0 Å². The minimum Gasteiger partial charge on any atom is -0.468 e. The number of aromatic nitrogens is 5. The van der Waals surface area contributed by atoms with Crippen LogP contribution in [0.15, 0.2) is 45.8 Å². The maximum Gasteiger partial charge on any atom is 0.252 e. The molecule has 0 saturated heterocycles. The number of H-pyrrole nitrogens is 1. The van der Waals surface area contributed by atoms with Crippen molar-refractivity contribution < 1.29 is 4.42 Å². The first-order valence-corrected chi connectivity index (χ1v) is 13.1. The Morgan fingerprint density at radius 1 is 1.14 bits per heavy atom. The van der Waals surface area contributed by atoms with Crippen molar-refractivity contribution in [2.45, 2.75) is 85.0 Å². The van der Waals surface area contributed by atoms with Gasteiger partial charge in [0.15, 0.2) is 5.82 Å². The molecule has 1 unspecified atom stereocenters. The zero-order valence-corrected chi connectivity index (χ0v) is 21.7. The molecule has 3 aromatic heterocycles. The Labute approximate surface area is 211 Å². The summed E-state index contributed by atoms with van der Waals surface area (Å²) in [5, 5.41) is 14.2. The lowest BCUT2D eigenvalue weighted by Gasteiger charge is -2.34. The Morgan fingerprint density at radius 2 is 1.94 bits per heavy atom. The van der Waals surface area contributed by atoms with E-state index in [-0.39, 0.29) is 17.5 Å². The topological polar surface area (TPSA) is 92.8 Å². The van der Waals surface area contributed by atoms with Crippen LogP contribution < -0.4 is 5.56 Å². The molecule has 36 heavy (non-hydrogen) atoms. The van der Waals surface area contributed by atoms with E-state index in [1.807, 2.05) is 31.2 Å². The SMILES string of the molecule is Cc1cc(C)c2cc(CN(Cc3ccco3)C(c3nnnn3C3CCCCC3)C(C)C)c(=O)[nH]c2c1. The van der Waals surface area contributed by atoms with Gasteiger partial charge in [0.05, 0.1) is 24.9 Å². The third-order valence-electron chi connectivity index (χ3n) is 7.43. The number of pyridine rings is 1. The smallest absolute Gasteiger partial charge is 0.252 e. The number of nitrogens with zero attached hydrogens (tertiary/aromatic N) is 5. The summed E-state index contributed by atoms with van der Waals surface area (Å²) in [4.78, 5) is 18.6. The summed E-state index contributed by atoms with van der Waals surface area (Å²) in [6, 6.07) is 10.3. The third-order valence-corrected chi connectivity index (χ3v) is 7.43. The Morgan fingerprint density at radius 3 is 2.67 bits per heavy atom. The maximum atomic E-state index is 13.2. The highest BCUT2D eigenvalue weighted by molar-refractivity contribution is 5.83. The lowest BCUT2D eigenvalue weighted by molar-refractivity contribution is 0.112. The molecule has 0 spiro atoms. The van der Waals surface area contributed by atoms with Crippen LogP contribution in [0.25, 0.3) is 10.9 Å². The molecular weight excluding hydrogens is 452 g/mol. The van der Waals surface area contributed by atoms with E-state index in [9.17, 15) is 4.79 Å². The van der Waals surface area contributed by atoms with E-state index in [0.29, 0.717) is 19.1 Å². The van der Waals surface area contributed by atoms with Gasteiger partial charge < -0.3 is 9.40 Å². The number of furan rings is 1. The second-order valence-electron chi connectivity index (χ2n) is 10.6. The molecule has 1 atom stereocenters. The molecule has 1 aliphatic carbocycles. The average Bonchev–Trinajstić information content (AvgIpc) is 3.53. The molecule has 8 heteroatoms. The highest BCUT2D eigenvalue weighted by Crippen LogP contribution is 2.35. The molecule has 5 rings (SSSR count). The molecule has 0 aliphatic heterocycles. The lowest BCUT2D eigenvalue weighted by atomic mass is 9.94. The van der Waals surface area contributed by atoms with Gasteiger partial charge in [-0.25, -0.2) is 4.68 Å². The van der Waals surface area contributed by atoms with Crippen LogP contribution in [0.1, 0.15) is 86.3 Å². The van der Waals surface area contributed by atoms with Crippen LogP contribution in [0.3, 0.4) is 0 Å². The standard InChI is InChI=1S/C28H36N6O2/c1-18(2)26(27-30-31-32-34(27)22-9-6-5-7-10-22)33(17-23-11-8-12-36-23)16-21-15-24-20(4)13-19(3)14-25(24)29-28(21)35/h8,11-15,18,22,26H,5-7,9-10,16-17H2,1-4H3,(H,29,35). The van der Waals surface area contributed by atoms with E-state index in [1.165, 1.54) is 19.3 Å². The van der Waals surface area contributed by atoms with Gasteiger partial charge in [-0.05, 0) is 78.4 Å². The normalized spacial score (nSPS) is 15.8. The summed E-state index contributed by atoms with van der Waals surface area (Å²) in [6.07, 6.45) is 7.58. The van der Waals surface area contributed by atoms with Crippen molar-refractivity contribution in [1.82, 2.24) is 30.1 Å². The maximum absolute atomic E-state index is 13.2. The van der Waals surface area contributed by atoms with E-state index in [0.717, 1.165) is 52.0 Å². The first kappa shape index (κ1) is 24.4. The molecule has 0 amide bonds. The van der Waals surface area contributed by atoms with Crippen molar-refractivity contribution in [3.63, 3.8) is 0 Å². The van der Waals surface area contributed by atoms with Gasteiger partial charge in [0.25, 0.3) is 5.56 Å². The van der Waals surface area contributed by atoms with E-state index >= 15 is 0 Å². The molecule has 3 heterocycles. The number of fused-ring (bicyclic) bond motifs is 1. The van der Waals surface area contributed by atoms with Crippen molar-refractivity contribution in [1.29, 1.82) is 0 Å². The van der Waals surface area contributed by atoms with Gasteiger partial charge >= 0.3 is 0 Å². The molecule has 0 bridgehead atoms. The van der Waals surface area contributed by atoms with Crippen LogP contribution in [0.5, 0.6) is 0 Å². The predicted octanol–water partition coefficient (Wildman–Crippen LogP) is 5.63. The Kier molecular flexibility index (Phi) is 7.05. The molecule has 4 aromatic rings. The van der Waals surface area contributed by atoms with Crippen LogP contribution >= 0.6 is 0 Å².